The monoisotopic (exact) mass is 366 g/mol. The van der Waals surface area contributed by atoms with Crippen LogP contribution >= 0.6 is 11.6 Å². The maximum Gasteiger partial charge on any atom is 0.431 e. The van der Waals surface area contributed by atoms with Crippen molar-refractivity contribution >= 4 is 34.1 Å². The summed E-state index contributed by atoms with van der Waals surface area (Å²) in [5.41, 5.74) is 0.997. The third-order valence-electron chi connectivity index (χ3n) is 3.76. The van der Waals surface area contributed by atoms with Gasteiger partial charge in [-0.1, -0.05) is 23.7 Å². The lowest BCUT2D eigenvalue weighted by Crippen LogP contribution is -2.12. The summed E-state index contributed by atoms with van der Waals surface area (Å²) < 4.78 is 38.1. The van der Waals surface area contributed by atoms with Gasteiger partial charge >= 0.3 is 6.18 Å². The average molecular weight is 367 g/mol. The molecular weight excluding hydrogens is 353 g/mol. The average Bonchev–Trinajstić information content (AvgIpc) is 2.98. The normalized spacial score (nSPS) is 11.7. The Balaban J connectivity index is 1.65. The van der Waals surface area contributed by atoms with Crippen molar-refractivity contribution in [1.82, 2.24) is 4.98 Å². The number of carbonyl (C=O) groups is 1. The van der Waals surface area contributed by atoms with Crippen LogP contribution < -0.4 is 5.32 Å². The second-order valence-electron chi connectivity index (χ2n) is 5.66. The zero-order chi connectivity index (χ0) is 18.0. The van der Waals surface area contributed by atoms with Gasteiger partial charge in [0.25, 0.3) is 0 Å². The van der Waals surface area contributed by atoms with Gasteiger partial charge in [0.15, 0.2) is 0 Å². The van der Waals surface area contributed by atoms with Crippen LogP contribution in [0.4, 0.5) is 18.9 Å². The van der Waals surface area contributed by atoms with E-state index in [1.165, 1.54) is 12.1 Å². The Kier molecular flexibility index (Phi) is 4.72. The number of hydrogen-bond donors (Lipinski definition) is 2. The van der Waals surface area contributed by atoms with Gasteiger partial charge in [0.1, 0.15) is 5.69 Å². The molecule has 25 heavy (non-hydrogen) atoms. The van der Waals surface area contributed by atoms with Crippen LogP contribution in [0.25, 0.3) is 10.9 Å². The van der Waals surface area contributed by atoms with Crippen LogP contribution in [-0.4, -0.2) is 10.9 Å². The molecular formula is C18H14ClF3N2O. The maximum atomic E-state index is 12.7. The predicted molar refractivity (Wildman–Crippen MR) is 91.7 cm³/mol. The van der Waals surface area contributed by atoms with Gasteiger partial charge in [0, 0.05) is 28.0 Å². The van der Waals surface area contributed by atoms with E-state index in [1.807, 2.05) is 12.1 Å². The minimum atomic E-state index is -4.43. The molecule has 0 aliphatic rings. The van der Waals surface area contributed by atoms with Crippen molar-refractivity contribution in [2.24, 2.45) is 0 Å². The van der Waals surface area contributed by atoms with E-state index in [4.69, 9.17) is 11.6 Å². The number of hydrogen-bond acceptors (Lipinski definition) is 1. The largest absolute Gasteiger partial charge is 0.431 e. The first-order valence-electron chi connectivity index (χ1n) is 7.55. The number of aryl methyl sites for hydroxylation is 1. The van der Waals surface area contributed by atoms with Crippen molar-refractivity contribution in [3.63, 3.8) is 0 Å². The molecule has 130 valence electrons. The van der Waals surface area contributed by atoms with Gasteiger partial charge in [0.2, 0.25) is 5.91 Å². The smallest absolute Gasteiger partial charge is 0.351 e. The molecule has 0 aliphatic carbocycles. The van der Waals surface area contributed by atoms with Crippen LogP contribution in [0.15, 0.2) is 48.5 Å². The SMILES string of the molecule is O=C(CCc1ccc(Cl)cc1)Nc1ccc2[nH]c(C(F)(F)F)cc2c1. The van der Waals surface area contributed by atoms with Crippen LogP contribution in [0.3, 0.4) is 0 Å². The van der Waals surface area contributed by atoms with E-state index < -0.39 is 11.9 Å². The summed E-state index contributed by atoms with van der Waals surface area (Å²) in [7, 11) is 0. The molecule has 0 fully saturated rings. The van der Waals surface area contributed by atoms with E-state index in [2.05, 4.69) is 10.3 Å². The Bertz CT molecular complexity index is 901. The van der Waals surface area contributed by atoms with E-state index in [-0.39, 0.29) is 12.3 Å². The van der Waals surface area contributed by atoms with Crippen LogP contribution in [0.5, 0.6) is 0 Å². The van der Waals surface area contributed by atoms with E-state index in [9.17, 15) is 18.0 Å². The maximum absolute atomic E-state index is 12.7. The van der Waals surface area contributed by atoms with Crippen molar-refractivity contribution in [1.29, 1.82) is 0 Å². The van der Waals surface area contributed by atoms with Crippen molar-refractivity contribution in [3.8, 4) is 0 Å². The first kappa shape index (κ1) is 17.4. The molecule has 3 rings (SSSR count). The third kappa shape index (κ3) is 4.33. The van der Waals surface area contributed by atoms with E-state index in [0.717, 1.165) is 11.6 Å². The highest BCUT2D eigenvalue weighted by atomic mass is 35.5. The zero-order valence-electron chi connectivity index (χ0n) is 13.0. The lowest BCUT2D eigenvalue weighted by Gasteiger charge is -2.06. The molecule has 0 bridgehead atoms. The number of carbonyl (C=O) groups excluding carboxylic acids is 1. The summed E-state index contributed by atoms with van der Waals surface area (Å²) in [6, 6.07) is 12.8. The number of amides is 1. The molecule has 0 radical (unpaired) electrons. The molecule has 1 aromatic heterocycles. The summed E-state index contributed by atoms with van der Waals surface area (Å²) in [4.78, 5) is 14.3. The second-order valence-corrected chi connectivity index (χ2v) is 6.09. The number of benzene rings is 2. The first-order chi connectivity index (χ1) is 11.8. The molecule has 0 saturated heterocycles. The second kappa shape index (κ2) is 6.80. The number of rotatable bonds is 4. The minimum absolute atomic E-state index is 0.208. The number of alkyl halides is 3. The summed E-state index contributed by atoms with van der Waals surface area (Å²) in [5.74, 6) is -0.208. The fourth-order valence-corrected chi connectivity index (χ4v) is 2.62. The highest BCUT2D eigenvalue weighted by molar-refractivity contribution is 6.30. The van der Waals surface area contributed by atoms with Crippen LogP contribution in [0, 0.1) is 0 Å². The van der Waals surface area contributed by atoms with Gasteiger partial charge < -0.3 is 10.3 Å². The number of aromatic amines is 1. The predicted octanol–water partition coefficient (Wildman–Crippen LogP) is 5.41. The molecule has 0 aliphatic heterocycles. The van der Waals surface area contributed by atoms with Gasteiger partial charge in [-0.3, -0.25) is 4.79 Å². The quantitative estimate of drug-likeness (QED) is 0.637. The Morgan fingerprint density at radius 2 is 1.80 bits per heavy atom. The van der Waals surface area contributed by atoms with Crippen LogP contribution in [0.2, 0.25) is 5.02 Å². The Hall–Kier alpha value is -2.47. The van der Waals surface area contributed by atoms with Crippen molar-refractivity contribution in [3.05, 3.63) is 64.8 Å². The van der Waals surface area contributed by atoms with Crippen LogP contribution in [0.1, 0.15) is 17.7 Å². The number of anilines is 1. The molecule has 0 spiro atoms. The lowest BCUT2D eigenvalue weighted by molar-refractivity contribution is -0.140. The number of fused-ring (bicyclic) bond motifs is 1. The number of aromatic nitrogens is 1. The molecule has 1 amide bonds. The molecule has 2 N–H and O–H groups in total. The summed E-state index contributed by atoms with van der Waals surface area (Å²) in [5, 5.41) is 3.73. The third-order valence-corrected chi connectivity index (χ3v) is 4.02. The molecule has 0 unspecified atom stereocenters. The molecule has 1 heterocycles. The van der Waals surface area contributed by atoms with Crippen molar-refractivity contribution < 1.29 is 18.0 Å². The Morgan fingerprint density at radius 3 is 2.48 bits per heavy atom. The van der Waals surface area contributed by atoms with Gasteiger partial charge in [-0.15, -0.1) is 0 Å². The van der Waals surface area contributed by atoms with E-state index in [0.29, 0.717) is 28.0 Å². The highest BCUT2D eigenvalue weighted by Crippen LogP contribution is 2.31. The fraction of sp³-hybridized carbons (Fsp3) is 0.167. The van der Waals surface area contributed by atoms with E-state index in [1.54, 1.807) is 18.2 Å². The number of nitrogens with one attached hydrogen (secondary N) is 2. The zero-order valence-corrected chi connectivity index (χ0v) is 13.7. The number of H-pyrrole nitrogens is 1. The summed E-state index contributed by atoms with van der Waals surface area (Å²) >= 11 is 5.81. The molecule has 3 aromatic rings. The molecule has 7 heteroatoms. The first-order valence-corrected chi connectivity index (χ1v) is 7.93. The van der Waals surface area contributed by atoms with E-state index >= 15 is 0 Å². The minimum Gasteiger partial charge on any atom is -0.351 e. The molecule has 2 aromatic carbocycles. The van der Waals surface area contributed by atoms with Crippen molar-refractivity contribution in [2.75, 3.05) is 5.32 Å². The van der Waals surface area contributed by atoms with Gasteiger partial charge in [-0.05, 0) is 48.4 Å². The molecule has 3 nitrogen and oxygen atoms in total. The fourth-order valence-electron chi connectivity index (χ4n) is 2.50. The molecule has 0 saturated carbocycles. The highest BCUT2D eigenvalue weighted by Gasteiger charge is 2.32. The lowest BCUT2D eigenvalue weighted by atomic mass is 10.1. The van der Waals surface area contributed by atoms with Crippen LogP contribution in [-0.2, 0) is 17.4 Å². The number of halogens is 4. The van der Waals surface area contributed by atoms with Gasteiger partial charge in [-0.25, -0.2) is 0 Å². The topological polar surface area (TPSA) is 44.9 Å². The Morgan fingerprint density at radius 1 is 1.08 bits per heavy atom. The molecule has 0 atom stereocenters. The van der Waals surface area contributed by atoms with Crippen molar-refractivity contribution in [2.45, 2.75) is 19.0 Å². The van der Waals surface area contributed by atoms with Gasteiger partial charge in [0.05, 0.1) is 0 Å². The van der Waals surface area contributed by atoms with Gasteiger partial charge in [-0.2, -0.15) is 13.2 Å². The standard InChI is InChI=1S/C18H14ClF3N2O/c19-13-4-1-11(2-5-13)3-8-17(25)23-14-6-7-15-12(9-14)10-16(24-15)18(20,21)22/h1-2,4-7,9-10,24H,3,8H2,(H,23,25). The summed E-state index contributed by atoms with van der Waals surface area (Å²) in [6.07, 6.45) is -3.62. The summed E-state index contributed by atoms with van der Waals surface area (Å²) in [6.45, 7) is 0. The Labute approximate surface area is 146 Å².